The fourth-order valence-electron chi connectivity index (χ4n) is 1.44. The number of nitrogen functional groups attached to an aromatic ring is 1. The summed E-state index contributed by atoms with van der Waals surface area (Å²) in [5.74, 6) is 0.336. The van der Waals surface area contributed by atoms with Crippen LogP contribution in [0.2, 0.25) is 10.0 Å². The molecule has 0 heterocycles. The van der Waals surface area contributed by atoms with E-state index in [0.717, 1.165) is 0 Å². The summed E-state index contributed by atoms with van der Waals surface area (Å²) in [6.07, 6.45) is 0. The van der Waals surface area contributed by atoms with Gasteiger partial charge in [-0.1, -0.05) is 23.2 Å². The van der Waals surface area contributed by atoms with Crippen LogP contribution in [0.5, 0.6) is 11.5 Å². The Hall–Kier alpha value is -1.98. The molecular formula is C12H8Cl2N2O3. The van der Waals surface area contributed by atoms with Crippen LogP contribution in [0.1, 0.15) is 0 Å². The van der Waals surface area contributed by atoms with Crippen LogP contribution in [0.15, 0.2) is 36.4 Å². The highest BCUT2D eigenvalue weighted by atomic mass is 35.5. The third kappa shape index (κ3) is 3.07. The Bertz CT molecular complexity index is 647. The fraction of sp³-hybridized carbons (Fsp3) is 0. The van der Waals surface area contributed by atoms with Gasteiger partial charge in [-0.2, -0.15) is 0 Å². The minimum Gasteiger partial charge on any atom is -0.449 e. The lowest BCUT2D eigenvalue weighted by Gasteiger charge is -2.08. The van der Waals surface area contributed by atoms with E-state index in [-0.39, 0.29) is 27.2 Å². The second-order valence-electron chi connectivity index (χ2n) is 3.66. The van der Waals surface area contributed by atoms with Gasteiger partial charge in [0.1, 0.15) is 5.75 Å². The molecule has 0 aliphatic rings. The number of nitro groups is 1. The molecule has 19 heavy (non-hydrogen) atoms. The fourth-order valence-corrected chi connectivity index (χ4v) is 1.83. The number of benzene rings is 2. The van der Waals surface area contributed by atoms with E-state index in [1.54, 1.807) is 6.07 Å². The predicted molar refractivity (Wildman–Crippen MR) is 74.0 cm³/mol. The Balaban J connectivity index is 2.40. The lowest BCUT2D eigenvalue weighted by atomic mass is 10.3. The molecule has 5 nitrogen and oxygen atoms in total. The first-order chi connectivity index (χ1) is 8.97. The number of anilines is 1. The second kappa shape index (κ2) is 5.34. The number of nitrogens with two attached hydrogens (primary N) is 1. The predicted octanol–water partition coefficient (Wildman–Crippen LogP) is 4.28. The molecule has 0 unspecified atom stereocenters. The van der Waals surface area contributed by atoms with E-state index in [1.165, 1.54) is 30.3 Å². The molecule has 7 heteroatoms. The summed E-state index contributed by atoms with van der Waals surface area (Å²) in [5, 5.41) is 11.4. The van der Waals surface area contributed by atoms with Crippen LogP contribution in [0, 0.1) is 10.1 Å². The Morgan fingerprint density at radius 3 is 2.42 bits per heavy atom. The molecular weight excluding hydrogens is 291 g/mol. The first-order valence-electron chi connectivity index (χ1n) is 5.14. The number of nitro benzene ring substituents is 1. The van der Waals surface area contributed by atoms with Crippen molar-refractivity contribution in [1.82, 2.24) is 0 Å². The summed E-state index contributed by atoms with van der Waals surface area (Å²) < 4.78 is 5.42. The summed E-state index contributed by atoms with van der Waals surface area (Å²) >= 11 is 11.7. The molecule has 0 atom stereocenters. The standard InChI is InChI=1S/C12H8Cl2N2O3/c13-7-1-3-12(10(5-7)16(17)18)19-11-4-2-8(15)6-9(11)14/h1-6H,15H2. The van der Waals surface area contributed by atoms with Crippen molar-refractivity contribution in [2.75, 3.05) is 5.73 Å². The van der Waals surface area contributed by atoms with Crippen molar-refractivity contribution >= 4 is 34.6 Å². The monoisotopic (exact) mass is 298 g/mol. The highest BCUT2D eigenvalue weighted by Gasteiger charge is 2.17. The topological polar surface area (TPSA) is 78.4 Å². The molecule has 0 aliphatic carbocycles. The first-order valence-corrected chi connectivity index (χ1v) is 5.90. The number of nitrogens with zero attached hydrogens (tertiary/aromatic N) is 1. The van der Waals surface area contributed by atoms with Gasteiger partial charge < -0.3 is 10.5 Å². The Morgan fingerprint density at radius 2 is 1.79 bits per heavy atom. The van der Waals surface area contributed by atoms with Gasteiger partial charge in [0.15, 0.2) is 0 Å². The van der Waals surface area contributed by atoms with E-state index >= 15 is 0 Å². The summed E-state index contributed by atoms with van der Waals surface area (Å²) in [7, 11) is 0. The average molecular weight is 299 g/mol. The van der Waals surface area contributed by atoms with Crippen molar-refractivity contribution in [2.24, 2.45) is 0 Å². The first kappa shape index (κ1) is 13.5. The van der Waals surface area contributed by atoms with E-state index in [1.807, 2.05) is 0 Å². The maximum absolute atomic E-state index is 10.9. The van der Waals surface area contributed by atoms with Crippen LogP contribution in [0.4, 0.5) is 11.4 Å². The molecule has 0 aromatic heterocycles. The zero-order valence-electron chi connectivity index (χ0n) is 9.47. The molecule has 0 saturated carbocycles. The van der Waals surface area contributed by atoms with Crippen molar-refractivity contribution in [3.8, 4) is 11.5 Å². The number of hydrogen-bond donors (Lipinski definition) is 1. The van der Waals surface area contributed by atoms with E-state index in [2.05, 4.69) is 0 Å². The van der Waals surface area contributed by atoms with Gasteiger partial charge in [0, 0.05) is 16.8 Å². The van der Waals surface area contributed by atoms with Crippen molar-refractivity contribution in [1.29, 1.82) is 0 Å². The van der Waals surface area contributed by atoms with E-state index in [0.29, 0.717) is 5.69 Å². The summed E-state index contributed by atoms with van der Waals surface area (Å²) in [4.78, 5) is 10.3. The minimum atomic E-state index is -0.577. The Morgan fingerprint density at radius 1 is 1.11 bits per heavy atom. The molecule has 2 rings (SSSR count). The van der Waals surface area contributed by atoms with Gasteiger partial charge in [-0.25, -0.2) is 0 Å². The molecule has 0 amide bonds. The SMILES string of the molecule is Nc1ccc(Oc2ccc(Cl)cc2[N+](=O)[O-])c(Cl)c1. The minimum absolute atomic E-state index is 0.0565. The number of rotatable bonds is 3. The Kier molecular flexibility index (Phi) is 3.78. The molecule has 0 radical (unpaired) electrons. The molecule has 0 spiro atoms. The average Bonchev–Trinajstić information content (AvgIpc) is 2.34. The molecule has 0 saturated heterocycles. The van der Waals surface area contributed by atoms with Gasteiger partial charge in [-0.15, -0.1) is 0 Å². The quantitative estimate of drug-likeness (QED) is 0.521. The van der Waals surface area contributed by atoms with Crippen LogP contribution in [0.25, 0.3) is 0 Å². The lowest BCUT2D eigenvalue weighted by molar-refractivity contribution is -0.385. The van der Waals surface area contributed by atoms with Crippen LogP contribution in [-0.4, -0.2) is 4.92 Å². The third-order valence-corrected chi connectivity index (χ3v) is 2.82. The summed E-state index contributed by atoms with van der Waals surface area (Å²) in [6, 6.07) is 8.74. The van der Waals surface area contributed by atoms with Gasteiger partial charge >= 0.3 is 5.69 Å². The molecule has 0 fully saturated rings. The summed E-state index contributed by atoms with van der Waals surface area (Å²) in [6.45, 7) is 0. The highest BCUT2D eigenvalue weighted by Crippen LogP contribution is 2.36. The normalized spacial score (nSPS) is 10.2. The van der Waals surface area contributed by atoms with Crippen molar-refractivity contribution < 1.29 is 9.66 Å². The second-order valence-corrected chi connectivity index (χ2v) is 4.50. The van der Waals surface area contributed by atoms with E-state index in [9.17, 15) is 10.1 Å². The molecule has 2 aromatic rings. The van der Waals surface area contributed by atoms with Crippen LogP contribution < -0.4 is 10.5 Å². The maximum atomic E-state index is 10.9. The highest BCUT2D eigenvalue weighted by molar-refractivity contribution is 6.32. The molecule has 2 N–H and O–H groups in total. The van der Waals surface area contributed by atoms with E-state index < -0.39 is 4.92 Å². The maximum Gasteiger partial charge on any atom is 0.313 e. The van der Waals surface area contributed by atoms with Crippen molar-refractivity contribution in [2.45, 2.75) is 0 Å². The van der Waals surface area contributed by atoms with Gasteiger partial charge in [-0.05, 0) is 30.3 Å². The number of hydrogen-bond acceptors (Lipinski definition) is 4. The number of halogens is 2. The van der Waals surface area contributed by atoms with Crippen LogP contribution >= 0.6 is 23.2 Å². The molecule has 0 bridgehead atoms. The van der Waals surface area contributed by atoms with Crippen molar-refractivity contribution in [3.63, 3.8) is 0 Å². The third-order valence-electron chi connectivity index (χ3n) is 2.29. The smallest absolute Gasteiger partial charge is 0.313 e. The number of ether oxygens (including phenoxy) is 1. The molecule has 0 aliphatic heterocycles. The van der Waals surface area contributed by atoms with Gasteiger partial charge in [0.2, 0.25) is 5.75 Å². The van der Waals surface area contributed by atoms with Crippen molar-refractivity contribution in [3.05, 3.63) is 56.6 Å². The van der Waals surface area contributed by atoms with Crippen LogP contribution in [-0.2, 0) is 0 Å². The Labute approximate surface area is 118 Å². The van der Waals surface area contributed by atoms with E-state index in [4.69, 9.17) is 33.7 Å². The zero-order chi connectivity index (χ0) is 14.0. The molecule has 2 aromatic carbocycles. The lowest BCUT2D eigenvalue weighted by Crippen LogP contribution is -1.94. The van der Waals surface area contributed by atoms with Gasteiger partial charge in [0.25, 0.3) is 0 Å². The largest absolute Gasteiger partial charge is 0.449 e. The van der Waals surface area contributed by atoms with Crippen LogP contribution in [0.3, 0.4) is 0 Å². The van der Waals surface area contributed by atoms with Gasteiger partial charge in [0.05, 0.1) is 9.95 Å². The zero-order valence-corrected chi connectivity index (χ0v) is 11.0. The summed E-state index contributed by atoms with van der Waals surface area (Å²) in [5.41, 5.74) is 5.79. The molecule has 98 valence electrons. The van der Waals surface area contributed by atoms with Gasteiger partial charge in [-0.3, -0.25) is 10.1 Å².